The van der Waals surface area contributed by atoms with Crippen LogP contribution in [0.5, 0.6) is 0 Å². The summed E-state index contributed by atoms with van der Waals surface area (Å²) in [4.78, 5) is 2.37. The minimum Gasteiger partial charge on any atom is -0.311 e. The van der Waals surface area contributed by atoms with Gasteiger partial charge in [-0.15, -0.1) is 0 Å². The van der Waals surface area contributed by atoms with Gasteiger partial charge in [0.05, 0.1) is 11.0 Å². The van der Waals surface area contributed by atoms with E-state index >= 15 is 0 Å². The fraction of sp³-hybridized carbons (Fsp3) is 0.0435. The molecule has 0 atom stereocenters. The number of anilines is 2. The lowest BCUT2D eigenvalue weighted by Gasteiger charge is -2.28. The van der Waals surface area contributed by atoms with Crippen molar-refractivity contribution in [3.05, 3.63) is 188 Å². The molecule has 0 saturated carbocycles. The number of fused-ring (bicyclic) bond motifs is 4. The maximum Gasteiger partial charge on any atom is 0.0541 e. The first-order valence-corrected chi connectivity index (χ1v) is 16.8. The molecule has 1 aromatic heterocycles. The number of rotatable bonds is 6. The van der Waals surface area contributed by atoms with E-state index < -0.39 is 0 Å². The first kappa shape index (κ1) is 28.1. The van der Waals surface area contributed by atoms with Gasteiger partial charge in [0.1, 0.15) is 0 Å². The molecule has 1 heterocycles. The minimum atomic E-state index is 1.05. The van der Waals surface area contributed by atoms with E-state index in [1.54, 1.807) is 0 Å². The van der Waals surface area contributed by atoms with Crippen LogP contribution >= 0.6 is 0 Å². The van der Waals surface area contributed by atoms with Gasteiger partial charge in [-0.3, -0.25) is 0 Å². The van der Waals surface area contributed by atoms with Crippen LogP contribution in [-0.2, 0) is 0 Å². The molecule has 0 aliphatic heterocycles. The molecule has 0 spiro atoms. The summed E-state index contributed by atoms with van der Waals surface area (Å²) in [6.07, 6.45) is 9.01. The van der Waals surface area contributed by atoms with Crippen molar-refractivity contribution in [3.63, 3.8) is 0 Å². The Morgan fingerprint density at radius 3 is 1.60 bits per heavy atom. The van der Waals surface area contributed by atoms with E-state index in [0.717, 1.165) is 24.2 Å². The van der Waals surface area contributed by atoms with E-state index in [-0.39, 0.29) is 0 Å². The number of hydrogen-bond donors (Lipinski definition) is 0. The van der Waals surface area contributed by atoms with Crippen LogP contribution in [0.25, 0.3) is 60.5 Å². The van der Waals surface area contributed by atoms with Crippen LogP contribution in [-0.4, -0.2) is 4.57 Å². The molecule has 0 N–H and O–H groups in total. The Labute approximate surface area is 281 Å². The smallest absolute Gasteiger partial charge is 0.0541 e. The second-order valence-corrected chi connectivity index (χ2v) is 12.5. The summed E-state index contributed by atoms with van der Waals surface area (Å²) in [7, 11) is 0. The van der Waals surface area contributed by atoms with Gasteiger partial charge in [-0.2, -0.15) is 0 Å². The van der Waals surface area contributed by atoms with Crippen molar-refractivity contribution in [2.45, 2.75) is 12.8 Å². The van der Waals surface area contributed by atoms with Gasteiger partial charge in [0.25, 0.3) is 0 Å². The van der Waals surface area contributed by atoms with Crippen molar-refractivity contribution >= 4 is 44.0 Å². The zero-order valence-electron chi connectivity index (χ0n) is 26.6. The van der Waals surface area contributed by atoms with Gasteiger partial charge in [-0.1, -0.05) is 127 Å². The molecular formula is C46H34N2. The van der Waals surface area contributed by atoms with Crippen molar-refractivity contribution in [2.75, 3.05) is 4.90 Å². The Morgan fingerprint density at radius 2 is 0.979 bits per heavy atom. The van der Waals surface area contributed by atoms with Gasteiger partial charge in [0.2, 0.25) is 0 Å². The SMILES string of the molecule is C1=CC(N(c2ccc(-c3ccc(-n4c5ccccc5c5ccccc54)cc3)cc2)c2ccc(-c3cccc4ccccc34)cc2)=CCC1. The summed E-state index contributed by atoms with van der Waals surface area (Å²) in [6.45, 7) is 0. The maximum atomic E-state index is 2.37. The summed E-state index contributed by atoms with van der Waals surface area (Å²) in [5.74, 6) is 0. The molecule has 0 unspecified atom stereocenters. The van der Waals surface area contributed by atoms with Gasteiger partial charge >= 0.3 is 0 Å². The van der Waals surface area contributed by atoms with E-state index in [2.05, 4.69) is 191 Å². The summed E-state index contributed by atoms with van der Waals surface area (Å²) in [5, 5.41) is 5.10. The van der Waals surface area contributed by atoms with E-state index in [4.69, 9.17) is 0 Å². The Kier molecular flexibility index (Phi) is 6.98. The summed E-state index contributed by atoms with van der Waals surface area (Å²) in [5.41, 5.74) is 12.0. The van der Waals surface area contributed by atoms with Crippen LogP contribution in [0.15, 0.2) is 188 Å². The van der Waals surface area contributed by atoms with Crippen LogP contribution < -0.4 is 4.90 Å². The molecule has 0 bridgehead atoms. The fourth-order valence-corrected chi connectivity index (χ4v) is 7.29. The first-order chi connectivity index (χ1) is 23.8. The van der Waals surface area contributed by atoms with Crippen molar-refractivity contribution in [2.24, 2.45) is 0 Å². The van der Waals surface area contributed by atoms with Crippen molar-refractivity contribution in [1.82, 2.24) is 4.57 Å². The van der Waals surface area contributed by atoms with Crippen molar-refractivity contribution < 1.29 is 0 Å². The zero-order valence-corrected chi connectivity index (χ0v) is 26.6. The maximum absolute atomic E-state index is 2.37. The fourth-order valence-electron chi connectivity index (χ4n) is 7.29. The van der Waals surface area contributed by atoms with E-state index in [1.165, 1.54) is 66.2 Å². The van der Waals surface area contributed by atoms with Gasteiger partial charge in [-0.05, 0) is 100 Å². The lowest BCUT2D eigenvalue weighted by Crippen LogP contribution is -2.16. The largest absolute Gasteiger partial charge is 0.311 e. The average Bonchev–Trinajstić information content (AvgIpc) is 3.50. The molecule has 1 aliphatic rings. The van der Waals surface area contributed by atoms with Crippen molar-refractivity contribution in [1.29, 1.82) is 0 Å². The van der Waals surface area contributed by atoms with Gasteiger partial charge in [-0.25, -0.2) is 0 Å². The normalized spacial score (nSPS) is 12.9. The molecule has 228 valence electrons. The molecule has 9 rings (SSSR count). The van der Waals surface area contributed by atoms with Crippen LogP contribution in [0.3, 0.4) is 0 Å². The summed E-state index contributed by atoms with van der Waals surface area (Å²) < 4.78 is 2.37. The highest BCUT2D eigenvalue weighted by atomic mass is 15.1. The number of aromatic nitrogens is 1. The third-order valence-electron chi connectivity index (χ3n) is 9.62. The predicted octanol–water partition coefficient (Wildman–Crippen LogP) is 12.6. The number of benzene rings is 7. The lowest BCUT2D eigenvalue weighted by molar-refractivity contribution is 0.997. The Hall–Kier alpha value is -6.12. The van der Waals surface area contributed by atoms with Gasteiger partial charge in [0.15, 0.2) is 0 Å². The third-order valence-corrected chi connectivity index (χ3v) is 9.62. The van der Waals surface area contributed by atoms with E-state index in [1.807, 2.05) is 0 Å². The molecule has 7 aromatic carbocycles. The molecule has 0 amide bonds. The first-order valence-electron chi connectivity index (χ1n) is 16.8. The number of para-hydroxylation sites is 2. The molecule has 2 nitrogen and oxygen atoms in total. The van der Waals surface area contributed by atoms with E-state index in [0.29, 0.717) is 0 Å². The topological polar surface area (TPSA) is 8.17 Å². The van der Waals surface area contributed by atoms with Crippen LogP contribution in [0, 0.1) is 0 Å². The molecule has 0 saturated heterocycles. The molecule has 0 fully saturated rings. The summed E-state index contributed by atoms with van der Waals surface area (Å²) in [6, 6.07) is 59.4. The molecular weight excluding hydrogens is 581 g/mol. The molecule has 8 aromatic rings. The second kappa shape index (κ2) is 11.9. The van der Waals surface area contributed by atoms with Gasteiger partial charge < -0.3 is 9.47 Å². The van der Waals surface area contributed by atoms with Crippen LogP contribution in [0.4, 0.5) is 11.4 Å². The Morgan fingerprint density at radius 1 is 0.438 bits per heavy atom. The zero-order chi connectivity index (χ0) is 31.9. The highest BCUT2D eigenvalue weighted by Crippen LogP contribution is 2.37. The van der Waals surface area contributed by atoms with Crippen LogP contribution in [0.2, 0.25) is 0 Å². The van der Waals surface area contributed by atoms with Gasteiger partial charge in [0, 0.05) is 33.5 Å². The number of allylic oxidation sites excluding steroid dienone is 3. The lowest BCUT2D eigenvalue weighted by atomic mass is 9.98. The van der Waals surface area contributed by atoms with Crippen LogP contribution in [0.1, 0.15) is 12.8 Å². The number of hydrogen-bond acceptors (Lipinski definition) is 1. The molecule has 1 aliphatic carbocycles. The Balaban J connectivity index is 1.04. The quantitative estimate of drug-likeness (QED) is 0.181. The molecule has 48 heavy (non-hydrogen) atoms. The summed E-state index contributed by atoms with van der Waals surface area (Å²) >= 11 is 0. The standard InChI is InChI=1S/C46H34N2/c1-2-13-37(14-3-1)47(39-31-25-36(26-32-39)42-18-10-12-35-11-4-5-15-41(35)42)38-27-21-33(22-28-38)34-23-29-40(30-24-34)48-45-19-8-6-16-43(45)44-17-7-9-20-46(44)48/h2,4-32H,1,3H2. The molecule has 2 heteroatoms. The Bertz CT molecular complexity index is 2420. The minimum absolute atomic E-state index is 1.05. The monoisotopic (exact) mass is 614 g/mol. The highest BCUT2D eigenvalue weighted by Gasteiger charge is 2.16. The average molecular weight is 615 g/mol. The highest BCUT2D eigenvalue weighted by molar-refractivity contribution is 6.09. The third kappa shape index (κ3) is 4.90. The van der Waals surface area contributed by atoms with Crippen molar-refractivity contribution in [3.8, 4) is 27.9 Å². The predicted molar refractivity (Wildman–Crippen MR) is 204 cm³/mol. The second-order valence-electron chi connectivity index (χ2n) is 12.5. The van der Waals surface area contributed by atoms with E-state index in [9.17, 15) is 0 Å². The molecule has 0 radical (unpaired) electrons. The number of nitrogens with zero attached hydrogens (tertiary/aromatic N) is 2.